The van der Waals surface area contributed by atoms with Gasteiger partial charge < -0.3 is 5.11 Å². The molecule has 4 heteroatoms. The molecule has 4 rings (SSSR count). The number of Topliss-reactive ketones (excluding diaryl/α,β-unsaturated/α-hetero) is 3. The molecule has 0 amide bonds. The van der Waals surface area contributed by atoms with Gasteiger partial charge in [0.1, 0.15) is 17.2 Å². The molecular weight excluding hydrogens is 340 g/mol. The average Bonchev–Trinajstić information content (AvgIpc) is 2.87. The van der Waals surface area contributed by atoms with Crippen LogP contribution in [0.15, 0.2) is 0 Å². The van der Waals surface area contributed by atoms with Crippen LogP contribution in [0.4, 0.5) is 0 Å². The number of carbonyl (C=O) groups excluding carboxylic acids is 3. The third-order valence-corrected chi connectivity index (χ3v) is 9.26. The zero-order valence-corrected chi connectivity index (χ0v) is 17.1. The fraction of sp³-hybridized carbons (Fsp3) is 0.870. The van der Waals surface area contributed by atoms with Gasteiger partial charge in [0.25, 0.3) is 0 Å². The Balaban J connectivity index is 1.68. The summed E-state index contributed by atoms with van der Waals surface area (Å²) >= 11 is 0. The Kier molecular flexibility index (Phi) is 4.46. The monoisotopic (exact) mass is 374 g/mol. The van der Waals surface area contributed by atoms with E-state index in [2.05, 4.69) is 6.92 Å². The smallest absolute Gasteiger partial charge is 0.164 e. The maximum Gasteiger partial charge on any atom is 0.164 e. The molecule has 150 valence electrons. The Labute approximate surface area is 162 Å². The lowest BCUT2D eigenvalue weighted by Crippen LogP contribution is -2.61. The molecule has 0 bridgehead atoms. The van der Waals surface area contributed by atoms with Gasteiger partial charge in [0.05, 0.1) is 0 Å². The van der Waals surface area contributed by atoms with E-state index in [1.54, 1.807) is 0 Å². The summed E-state index contributed by atoms with van der Waals surface area (Å²) in [5, 5.41) is 11.4. The van der Waals surface area contributed by atoms with Crippen molar-refractivity contribution >= 4 is 17.3 Å². The lowest BCUT2D eigenvalue weighted by atomic mass is 9.44. The van der Waals surface area contributed by atoms with Gasteiger partial charge >= 0.3 is 0 Å². The van der Waals surface area contributed by atoms with Crippen LogP contribution in [0.5, 0.6) is 0 Å². The van der Waals surface area contributed by atoms with Gasteiger partial charge in [-0.1, -0.05) is 20.8 Å². The van der Waals surface area contributed by atoms with Crippen molar-refractivity contribution < 1.29 is 19.5 Å². The van der Waals surface area contributed by atoms with Crippen molar-refractivity contribution in [2.45, 2.75) is 90.6 Å². The van der Waals surface area contributed by atoms with Crippen LogP contribution in [0.1, 0.15) is 85.0 Å². The van der Waals surface area contributed by atoms with Crippen LogP contribution >= 0.6 is 0 Å². The van der Waals surface area contributed by atoms with Crippen molar-refractivity contribution in [2.24, 2.45) is 34.5 Å². The maximum atomic E-state index is 13.5. The highest BCUT2D eigenvalue weighted by molar-refractivity contribution is 5.92. The second-order valence-electron chi connectivity index (χ2n) is 10.4. The van der Waals surface area contributed by atoms with Crippen LogP contribution in [0.2, 0.25) is 0 Å². The van der Waals surface area contributed by atoms with Crippen molar-refractivity contribution in [1.82, 2.24) is 0 Å². The molecule has 27 heavy (non-hydrogen) atoms. The van der Waals surface area contributed by atoms with Crippen molar-refractivity contribution in [2.75, 3.05) is 0 Å². The molecule has 4 fully saturated rings. The Morgan fingerprint density at radius 3 is 2.59 bits per heavy atom. The van der Waals surface area contributed by atoms with Gasteiger partial charge in [0.15, 0.2) is 5.78 Å². The second-order valence-corrected chi connectivity index (χ2v) is 10.4. The second kappa shape index (κ2) is 6.23. The summed E-state index contributed by atoms with van der Waals surface area (Å²) in [4.78, 5) is 38.3. The van der Waals surface area contributed by atoms with Crippen molar-refractivity contribution in [3.8, 4) is 0 Å². The minimum Gasteiger partial charge on any atom is -0.381 e. The fourth-order valence-corrected chi connectivity index (χ4v) is 7.76. The van der Waals surface area contributed by atoms with Crippen LogP contribution in [-0.2, 0) is 14.4 Å². The maximum absolute atomic E-state index is 13.5. The summed E-state index contributed by atoms with van der Waals surface area (Å²) in [7, 11) is 0. The molecule has 0 saturated heterocycles. The number of hydrogen-bond acceptors (Lipinski definition) is 4. The molecule has 4 aliphatic rings. The Bertz CT molecular complexity index is 684. The van der Waals surface area contributed by atoms with E-state index in [9.17, 15) is 19.5 Å². The van der Waals surface area contributed by atoms with Gasteiger partial charge in [-0.3, -0.25) is 14.4 Å². The fourth-order valence-electron chi connectivity index (χ4n) is 7.76. The summed E-state index contributed by atoms with van der Waals surface area (Å²) in [5.74, 6) is 1.36. The van der Waals surface area contributed by atoms with Crippen LogP contribution in [-0.4, -0.2) is 28.1 Å². The first kappa shape index (κ1) is 19.3. The minimum atomic E-state index is -1.34. The van der Waals surface area contributed by atoms with Gasteiger partial charge in [-0.2, -0.15) is 0 Å². The number of aliphatic hydroxyl groups is 1. The first-order valence-corrected chi connectivity index (χ1v) is 11.0. The molecule has 4 nitrogen and oxygen atoms in total. The molecule has 0 aromatic rings. The Morgan fingerprint density at radius 1 is 1.15 bits per heavy atom. The topological polar surface area (TPSA) is 71.4 Å². The molecule has 4 aliphatic carbocycles. The highest BCUT2D eigenvalue weighted by Crippen LogP contribution is 2.67. The summed E-state index contributed by atoms with van der Waals surface area (Å²) in [5.41, 5.74) is -2.04. The lowest BCUT2D eigenvalue weighted by molar-refractivity contribution is -0.177. The van der Waals surface area contributed by atoms with Gasteiger partial charge in [-0.15, -0.1) is 0 Å². The van der Waals surface area contributed by atoms with Gasteiger partial charge in [0, 0.05) is 37.0 Å². The minimum absolute atomic E-state index is 0.00560. The third kappa shape index (κ3) is 2.47. The molecular formula is C23H34O4. The van der Waals surface area contributed by atoms with E-state index >= 15 is 0 Å². The number of rotatable bonds is 3. The van der Waals surface area contributed by atoms with E-state index in [1.807, 2.05) is 13.8 Å². The zero-order chi connectivity index (χ0) is 19.6. The first-order valence-electron chi connectivity index (χ1n) is 11.0. The molecule has 0 aromatic heterocycles. The van der Waals surface area contributed by atoms with Gasteiger partial charge in [0.2, 0.25) is 0 Å². The Hall–Kier alpha value is -1.03. The first-order chi connectivity index (χ1) is 12.7. The molecule has 0 aliphatic heterocycles. The van der Waals surface area contributed by atoms with Crippen molar-refractivity contribution in [3.05, 3.63) is 0 Å². The van der Waals surface area contributed by atoms with E-state index in [-0.39, 0.29) is 34.7 Å². The predicted octanol–water partition coefficient (Wildman–Crippen LogP) is 3.88. The van der Waals surface area contributed by atoms with Crippen LogP contribution in [0.3, 0.4) is 0 Å². The molecule has 7 atom stereocenters. The van der Waals surface area contributed by atoms with Crippen LogP contribution < -0.4 is 0 Å². The third-order valence-electron chi connectivity index (χ3n) is 9.26. The SMILES string of the molecule is CCCC(=O)[C@@]1(O)CC[C@H]2[C@@H]3CCC4CC(=O)CC[C@]4(C)[C@H]3C(=O)C[C@@]21C. The summed E-state index contributed by atoms with van der Waals surface area (Å²) in [6.45, 7) is 6.21. The molecule has 0 radical (unpaired) electrons. The number of carbonyl (C=O) groups is 3. The standard InChI is InChI=1S/C23H34O4/c1-4-5-19(26)23(27)11-9-17-16-7-6-14-12-15(24)8-10-21(14,2)20(16)18(25)13-22(17,23)3/h14,16-17,20,27H,4-13H2,1-3H3/t14?,16-,17-,20+,21-,22-,23-/m0/s1. The number of fused-ring (bicyclic) bond motifs is 5. The zero-order valence-electron chi connectivity index (χ0n) is 17.1. The lowest BCUT2D eigenvalue weighted by Gasteiger charge is -2.59. The summed E-state index contributed by atoms with van der Waals surface area (Å²) in [6, 6.07) is 0. The van der Waals surface area contributed by atoms with Gasteiger partial charge in [-0.25, -0.2) is 0 Å². The van der Waals surface area contributed by atoms with Gasteiger partial charge in [-0.05, 0) is 61.7 Å². The van der Waals surface area contributed by atoms with Crippen LogP contribution in [0, 0.1) is 34.5 Å². The van der Waals surface area contributed by atoms with Crippen molar-refractivity contribution in [1.29, 1.82) is 0 Å². The number of ketones is 3. The predicted molar refractivity (Wildman–Crippen MR) is 102 cm³/mol. The molecule has 0 spiro atoms. The quantitative estimate of drug-likeness (QED) is 0.814. The molecule has 1 N–H and O–H groups in total. The largest absolute Gasteiger partial charge is 0.381 e. The summed E-state index contributed by atoms with van der Waals surface area (Å²) in [6.07, 6.45) is 6.81. The molecule has 4 saturated carbocycles. The molecule has 0 aromatic carbocycles. The van der Waals surface area contributed by atoms with Crippen molar-refractivity contribution in [3.63, 3.8) is 0 Å². The highest BCUT2D eigenvalue weighted by Gasteiger charge is 2.68. The van der Waals surface area contributed by atoms with Crippen LogP contribution in [0.25, 0.3) is 0 Å². The normalized spacial score (nSPS) is 49.3. The number of hydrogen-bond donors (Lipinski definition) is 1. The van der Waals surface area contributed by atoms with E-state index in [4.69, 9.17) is 0 Å². The highest BCUT2D eigenvalue weighted by atomic mass is 16.3. The van der Waals surface area contributed by atoms with E-state index < -0.39 is 11.0 Å². The van der Waals surface area contributed by atoms with E-state index in [1.165, 1.54) is 0 Å². The molecule has 1 unspecified atom stereocenters. The average molecular weight is 375 g/mol. The van der Waals surface area contributed by atoms with E-state index in [0.717, 1.165) is 32.1 Å². The summed E-state index contributed by atoms with van der Waals surface area (Å²) < 4.78 is 0. The Morgan fingerprint density at radius 2 is 1.89 bits per heavy atom. The van der Waals surface area contributed by atoms with E-state index in [0.29, 0.717) is 43.8 Å². The molecule has 0 heterocycles.